The van der Waals surface area contributed by atoms with Crippen molar-refractivity contribution in [1.82, 2.24) is 15.1 Å². The van der Waals surface area contributed by atoms with Gasteiger partial charge in [0.25, 0.3) is 5.91 Å². The summed E-state index contributed by atoms with van der Waals surface area (Å²) in [5, 5.41) is 6.51. The fraction of sp³-hybridized carbons (Fsp3) is 0.286. The average molecular weight is 276 g/mol. The maximum atomic E-state index is 14.1. The van der Waals surface area contributed by atoms with E-state index in [9.17, 15) is 9.18 Å². The highest BCUT2D eigenvalue weighted by Gasteiger charge is 2.11. The second-order valence-corrected chi connectivity index (χ2v) is 4.69. The molecular weight excluding hydrogens is 259 g/mol. The van der Waals surface area contributed by atoms with Crippen molar-refractivity contribution in [2.24, 2.45) is 5.73 Å². The van der Waals surface area contributed by atoms with Gasteiger partial charge in [0.15, 0.2) is 5.69 Å². The van der Waals surface area contributed by atoms with Crippen LogP contribution in [0, 0.1) is 5.82 Å². The van der Waals surface area contributed by atoms with Crippen molar-refractivity contribution in [1.29, 1.82) is 0 Å². The molecule has 0 aliphatic rings. The Labute approximate surface area is 116 Å². The number of amides is 1. The minimum Gasteiger partial charge on any atom is -0.354 e. The summed E-state index contributed by atoms with van der Waals surface area (Å²) in [5.41, 5.74) is 7.07. The third-order valence-electron chi connectivity index (χ3n) is 2.87. The van der Waals surface area contributed by atoms with Gasteiger partial charge in [-0.1, -0.05) is 6.07 Å². The zero-order valence-electron chi connectivity index (χ0n) is 11.4. The number of nitrogens with zero attached hydrogens (tertiary/aromatic N) is 2. The quantitative estimate of drug-likeness (QED) is 0.883. The number of nitrogens with two attached hydrogens (primary N) is 1. The van der Waals surface area contributed by atoms with Crippen LogP contribution in [0.1, 0.15) is 23.0 Å². The second-order valence-electron chi connectivity index (χ2n) is 4.69. The fourth-order valence-corrected chi connectivity index (χ4v) is 1.94. The number of hydrogen-bond acceptors (Lipinski definition) is 3. The Kier molecular flexibility index (Phi) is 4.14. The molecule has 2 aromatic rings. The predicted molar refractivity (Wildman–Crippen MR) is 74.3 cm³/mol. The van der Waals surface area contributed by atoms with E-state index >= 15 is 0 Å². The van der Waals surface area contributed by atoms with E-state index in [0.717, 1.165) is 5.56 Å². The summed E-state index contributed by atoms with van der Waals surface area (Å²) in [5.74, 6) is -0.701. The van der Waals surface area contributed by atoms with Crippen LogP contribution in [0.5, 0.6) is 0 Å². The van der Waals surface area contributed by atoms with Crippen LogP contribution in [-0.4, -0.2) is 28.8 Å². The van der Waals surface area contributed by atoms with E-state index in [1.165, 1.54) is 23.9 Å². The SMILES string of the molecule is CNC(=O)c1ccn(-c2ccc(CC(C)N)cc2F)n1. The van der Waals surface area contributed by atoms with E-state index in [2.05, 4.69) is 10.4 Å². The van der Waals surface area contributed by atoms with Crippen LogP contribution >= 0.6 is 0 Å². The average Bonchev–Trinajstić information content (AvgIpc) is 2.86. The molecule has 106 valence electrons. The number of benzene rings is 1. The first-order valence-corrected chi connectivity index (χ1v) is 6.33. The van der Waals surface area contributed by atoms with Gasteiger partial charge in [-0.3, -0.25) is 4.79 Å². The van der Waals surface area contributed by atoms with Gasteiger partial charge in [0.1, 0.15) is 11.5 Å². The van der Waals surface area contributed by atoms with Crippen LogP contribution < -0.4 is 11.1 Å². The van der Waals surface area contributed by atoms with E-state index in [4.69, 9.17) is 5.73 Å². The Morgan fingerprint density at radius 3 is 2.85 bits per heavy atom. The molecule has 2 rings (SSSR count). The van der Waals surface area contributed by atoms with Crippen molar-refractivity contribution >= 4 is 5.91 Å². The first-order valence-electron chi connectivity index (χ1n) is 6.33. The van der Waals surface area contributed by atoms with Crippen LogP contribution in [-0.2, 0) is 6.42 Å². The van der Waals surface area contributed by atoms with Crippen molar-refractivity contribution < 1.29 is 9.18 Å². The van der Waals surface area contributed by atoms with Crippen molar-refractivity contribution in [3.05, 3.63) is 47.5 Å². The standard InChI is InChI=1S/C14H17FN4O/c1-9(16)7-10-3-4-13(11(15)8-10)19-6-5-12(18-19)14(20)17-2/h3-6,8-9H,7,16H2,1-2H3,(H,17,20). The second kappa shape index (κ2) is 5.83. The molecule has 6 heteroatoms. The number of rotatable bonds is 4. The van der Waals surface area contributed by atoms with Gasteiger partial charge in [-0.2, -0.15) is 5.10 Å². The number of hydrogen-bond donors (Lipinski definition) is 2. The number of carbonyl (C=O) groups excluding carboxylic acids is 1. The molecule has 1 aromatic carbocycles. The van der Waals surface area contributed by atoms with Crippen molar-refractivity contribution in [3.8, 4) is 5.69 Å². The van der Waals surface area contributed by atoms with Gasteiger partial charge in [-0.05, 0) is 37.1 Å². The van der Waals surface area contributed by atoms with E-state index in [-0.39, 0.29) is 17.6 Å². The van der Waals surface area contributed by atoms with Crippen LogP contribution in [0.2, 0.25) is 0 Å². The van der Waals surface area contributed by atoms with Crippen LogP contribution in [0.3, 0.4) is 0 Å². The van der Waals surface area contributed by atoms with E-state index in [0.29, 0.717) is 12.1 Å². The Bertz CT molecular complexity index is 621. The minimum atomic E-state index is -0.394. The van der Waals surface area contributed by atoms with E-state index in [1.54, 1.807) is 12.3 Å². The van der Waals surface area contributed by atoms with Crippen LogP contribution in [0.25, 0.3) is 5.69 Å². The zero-order chi connectivity index (χ0) is 14.7. The third-order valence-corrected chi connectivity index (χ3v) is 2.87. The molecule has 0 aliphatic heterocycles. The lowest BCUT2D eigenvalue weighted by Crippen LogP contribution is -2.19. The maximum Gasteiger partial charge on any atom is 0.271 e. The summed E-state index contributed by atoms with van der Waals surface area (Å²) < 4.78 is 15.4. The molecule has 0 spiro atoms. The summed E-state index contributed by atoms with van der Waals surface area (Å²) in [6.45, 7) is 1.87. The maximum absolute atomic E-state index is 14.1. The molecule has 0 saturated carbocycles. The van der Waals surface area contributed by atoms with Gasteiger partial charge in [0.2, 0.25) is 0 Å². The van der Waals surface area contributed by atoms with Crippen LogP contribution in [0.4, 0.5) is 4.39 Å². The van der Waals surface area contributed by atoms with Gasteiger partial charge in [0.05, 0.1) is 0 Å². The predicted octanol–water partition coefficient (Wildman–Crippen LogP) is 1.26. The molecule has 1 aromatic heterocycles. The monoisotopic (exact) mass is 276 g/mol. The third kappa shape index (κ3) is 3.03. The summed E-state index contributed by atoms with van der Waals surface area (Å²) in [7, 11) is 1.52. The highest BCUT2D eigenvalue weighted by atomic mass is 19.1. The lowest BCUT2D eigenvalue weighted by Gasteiger charge is -2.08. The molecule has 1 unspecified atom stereocenters. The molecule has 0 fully saturated rings. The molecule has 1 heterocycles. The first-order chi connectivity index (χ1) is 9.51. The smallest absolute Gasteiger partial charge is 0.271 e. The molecular formula is C14H17FN4O. The molecule has 3 N–H and O–H groups in total. The van der Waals surface area contributed by atoms with Crippen LogP contribution in [0.15, 0.2) is 30.5 Å². The number of halogens is 1. The molecule has 5 nitrogen and oxygen atoms in total. The van der Waals surface area contributed by atoms with Gasteiger partial charge >= 0.3 is 0 Å². The molecule has 1 amide bonds. The highest BCUT2D eigenvalue weighted by Crippen LogP contribution is 2.16. The number of nitrogens with one attached hydrogen (secondary N) is 1. The lowest BCUT2D eigenvalue weighted by atomic mass is 10.1. The van der Waals surface area contributed by atoms with Gasteiger partial charge in [0, 0.05) is 19.3 Å². The molecule has 0 aliphatic carbocycles. The summed E-state index contributed by atoms with van der Waals surface area (Å²) in [4.78, 5) is 11.4. The Morgan fingerprint density at radius 2 is 2.25 bits per heavy atom. The van der Waals surface area contributed by atoms with Gasteiger partial charge < -0.3 is 11.1 Å². The van der Waals surface area contributed by atoms with Crippen molar-refractivity contribution in [2.75, 3.05) is 7.05 Å². The lowest BCUT2D eigenvalue weighted by molar-refractivity contribution is 0.0957. The summed E-state index contributed by atoms with van der Waals surface area (Å²) in [6, 6.07) is 6.40. The van der Waals surface area contributed by atoms with Gasteiger partial charge in [-0.25, -0.2) is 9.07 Å². The Balaban J connectivity index is 2.29. The summed E-state index contributed by atoms with van der Waals surface area (Å²) in [6.07, 6.45) is 2.16. The fourth-order valence-electron chi connectivity index (χ4n) is 1.94. The van der Waals surface area contributed by atoms with Gasteiger partial charge in [-0.15, -0.1) is 0 Å². The zero-order valence-corrected chi connectivity index (χ0v) is 11.4. The molecule has 0 radical (unpaired) electrons. The Hall–Kier alpha value is -2.21. The largest absolute Gasteiger partial charge is 0.354 e. The topological polar surface area (TPSA) is 72.9 Å². The molecule has 0 saturated heterocycles. The number of aromatic nitrogens is 2. The molecule has 20 heavy (non-hydrogen) atoms. The van der Waals surface area contributed by atoms with E-state index in [1.807, 2.05) is 13.0 Å². The normalized spacial score (nSPS) is 12.2. The molecule has 1 atom stereocenters. The Morgan fingerprint density at radius 1 is 1.50 bits per heavy atom. The van der Waals surface area contributed by atoms with Crippen molar-refractivity contribution in [3.63, 3.8) is 0 Å². The molecule has 0 bridgehead atoms. The minimum absolute atomic E-state index is 0.0233. The summed E-state index contributed by atoms with van der Waals surface area (Å²) >= 11 is 0. The number of carbonyl (C=O) groups is 1. The first kappa shape index (κ1) is 14.2. The van der Waals surface area contributed by atoms with E-state index < -0.39 is 5.82 Å². The highest BCUT2D eigenvalue weighted by molar-refractivity contribution is 5.91. The van der Waals surface area contributed by atoms with Crippen molar-refractivity contribution in [2.45, 2.75) is 19.4 Å².